The summed E-state index contributed by atoms with van der Waals surface area (Å²) in [5, 5.41) is 3.02. The standard InChI is InChI=1S/C16H21N5O2/c1-13(11-20-6-8-23-9-7-20)19-16(22)14-2-3-15(18-10-14)21-5-4-17-12-21/h2-5,10,12-13H,6-9,11H2,1H3,(H,19,22)/t13-/m1/s1. The van der Waals surface area contributed by atoms with Crippen LogP contribution in [0.15, 0.2) is 37.1 Å². The van der Waals surface area contributed by atoms with Gasteiger partial charge in [-0.15, -0.1) is 0 Å². The molecule has 0 bridgehead atoms. The van der Waals surface area contributed by atoms with Gasteiger partial charge in [-0.2, -0.15) is 0 Å². The highest BCUT2D eigenvalue weighted by atomic mass is 16.5. The Hall–Kier alpha value is -2.25. The number of hydrogen-bond donors (Lipinski definition) is 1. The number of rotatable bonds is 5. The number of nitrogens with zero attached hydrogens (tertiary/aromatic N) is 4. The molecule has 0 spiro atoms. The number of carbonyl (C=O) groups excluding carboxylic acids is 1. The maximum absolute atomic E-state index is 12.3. The van der Waals surface area contributed by atoms with E-state index >= 15 is 0 Å². The number of amides is 1. The van der Waals surface area contributed by atoms with E-state index in [4.69, 9.17) is 4.74 Å². The average molecular weight is 315 g/mol. The molecule has 1 aliphatic rings. The Labute approximate surface area is 135 Å². The van der Waals surface area contributed by atoms with E-state index in [-0.39, 0.29) is 11.9 Å². The molecule has 0 unspecified atom stereocenters. The number of hydrogen-bond acceptors (Lipinski definition) is 5. The number of ether oxygens (including phenoxy) is 1. The second-order valence-electron chi connectivity index (χ2n) is 5.66. The van der Waals surface area contributed by atoms with E-state index in [0.717, 1.165) is 38.7 Å². The van der Waals surface area contributed by atoms with Crippen molar-refractivity contribution < 1.29 is 9.53 Å². The van der Waals surface area contributed by atoms with Crippen LogP contribution in [-0.4, -0.2) is 64.2 Å². The average Bonchev–Trinajstić information content (AvgIpc) is 3.10. The molecule has 7 heteroatoms. The minimum Gasteiger partial charge on any atom is -0.379 e. The Kier molecular flexibility index (Phi) is 4.99. The van der Waals surface area contributed by atoms with Crippen LogP contribution in [-0.2, 0) is 4.74 Å². The molecular formula is C16H21N5O2. The fraction of sp³-hybridized carbons (Fsp3) is 0.438. The van der Waals surface area contributed by atoms with Crippen LogP contribution in [0.5, 0.6) is 0 Å². The van der Waals surface area contributed by atoms with Gasteiger partial charge in [0.2, 0.25) is 0 Å². The smallest absolute Gasteiger partial charge is 0.253 e. The van der Waals surface area contributed by atoms with Gasteiger partial charge in [-0.05, 0) is 19.1 Å². The van der Waals surface area contributed by atoms with E-state index < -0.39 is 0 Å². The Bertz CT molecular complexity index is 620. The number of carbonyl (C=O) groups is 1. The fourth-order valence-electron chi connectivity index (χ4n) is 2.59. The van der Waals surface area contributed by atoms with Crippen molar-refractivity contribution in [3.05, 3.63) is 42.6 Å². The molecule has 3 rings (SSSR count). The normalized spacial score (nSPS) is 16.9. The van der Waals surface area contributed by atoms with E-state index in [1.165, 1.54) is 0 Å². The lowest BCUT2D eigenvalue weighted by Crippen LogP contribution is -2.46. The Balaban J connectivity index is 1.55. The molecule has 0 aromatic carbocycles. The number of imidazole rings is 1. The summed E-state index contributed by atoms with van der Waals surface area (Å²) < 4.78 is 7.12. The van der Waals surface area contributed by atoms with Crippen LogP contribution in [0.1, 0.15) is 17.3 Å². The van der Waals surface area contributed by atoms with Crippen LogP contribution in [0.3, 0.4) is 0 Å². The van der Waals surface area contributed by atoms with Gasteiger partial charge in [0.15, 0.2) is 0 Å². The van der Waals surface area contributed by atoms with Gasteiger partial charge in [-0.25, -0.2) is 9.97 Å². The van der Waals surface area contributed by atoms with E-state index in [1.807, 2.05) is 19.2 Å². The molecule has 7 nitrogen and oxygen atoms in total. The minimum atomic E-state index is -0.101. The second-order valence-corrected chi connectivity index (χ2v) is 5.66. The zero-order valence-electron chi connectivity index (χ0n) is 13.2. The summed E-state index contributed by atoms with van der Waals surface area (Å²) >= 11 is 0. The number of nitrogens with one attached hydrogen (secondary N) is 1. The van der Waals surface area contributed by atoms with E-state index in [2.05, 4.69) is 20.2 Å². The predicted molar refractivity (Wildman–Crippen MR) is 85.5 cm³/mol. The lowest BCUT2D eigenvalue weighted by molar-refractivity contribution is 0.0342. The number of aromatic nitrogens is 3. The fourth-order valence-corrected chi connectivity index (χ4v) is 2.59. The molecule has 1 amide bonds. The van der Waals surface area contributed by atoms with Crippen molar-refractivity contribution in [2.24, 2.45) is 0 Å². The second kappa shape index (κ2) is 7.34. The van der Waals surface area contributed by atoms with Gasteiger partial charge in [0.25, 0.3) is 5.91 Å². The molecule has 1 fully saturated rings. The summed E-state index contributed by atoms with van der Waals surface area (Å²) in [6.45, 7) is 6.21. The number of morpholine rings is 1. The quantitative estimate of drug-likeness (QED) is 0.880. The van der Waals surface area contributed by atoms with E-state index in [0.29, 0.717) is 5.56 Å². The highest BCUT2D eigenvalue weighted by Crippen LogP contribution is 2.06. The highest BCUT2D eigenvalue weighted by molar-refractivity contribution is 5.94. The SMILES string of the molecule is C[C@H](CN1CCOCC1)NC(=O)c1ccc(-n2ccnc2)nc1. The zero-order chi connectivity index (χ0) is 16.1. The van der Waals surface area contributed by atoms with Crippen LogP contribution in [0.2, 0.25) is 0 Å². The monoisotopic (exact) mass is 315 g/mol. The lowest BCUT2D eigenvalue weighted by atomic mass is 10.2. The first-order chi connectivity index (χ1) is 11.2. The molecule has 23 heavy (non-hydrogen) atoms. The molecule has 1 saturated heterocycles. The largest absolute Gasteiger partial charge is 0.379 e. The third-order valence-corrected chi connectivity index (χ3v) is 3.79. The summed E-state index contributed by atoms with van der Waals surface area (Å²) in [5.41, 5.74) is 0.558. The van der Waals surface area contributed by atoms with Crippen LogP contribution in [0, 0.1) is 0 Å². The summed E-state index contributed by atoms with van der Waals surface area (Å²) in [5.74, 6) is 0.635. The molecule has 1 atom stereocenters. The highest BCUT2D eigenvalue weighted by Gasteiger charge is 2.16. The van der Waals surface area contributed by atoms with Gasteiger partial charge in [0, 0.05) is 44.3 Å². The molecule has 122 valence electrons. The third-order valence-electron chi connectivity index (χ3n) is 3.79. The maximum atomic E-state index is 12.3. The molecule has 2 aromatic rings. The van der Waals surface area contributed by atoms with Crippen molar-refractivity contribution in [2.45, 2.75) is 13.0 Å². The van der Waals surface area contributed by atoms with Crippen LogP contribution >= 0.6 is 0 Å². The van der Waals surface area contributed by atoms with Gasteiger partial charge in [0.05, 0.1) is 18.8 Å². The van der Waals surface area contributed by atoms with Crippen LogP contribution < -0.4 is 5.32 Å². The molecule has 0 radical (unpaired) electrons. The van der Waals surface area contributed by atoms with E-state index in [1.54, 1.807) is 29.4 Å². The maximum Gasteiger partial charge on any atom is 0.253 e. The molecule has 2 aromatic heterocycles. The minimum absolute atomic E-state index is 0.0777. The van der Waals surface area contributed by atoms with Crippen molar-refractivity contribution in [1.29, 1.82) is 0 Å². The van der Waals surface area contributed by atoms with Crippen LogP contribution in [0.25, 0.3) is 5.82 Å². The van der Waals surface area contributed by atoms with Crippen molar-refractivity contribution >= 4 is 5.91 Å². The first-order valence-corrected chi connectivity index (χ1v) is 7.78. The first kappa shape index (κ1) is 15.6. The summed E-state index contributed by atoms with van der Waals surface area (Å²) in [6, 6.07) is 3.66. The van der Waals surface area contributed by atoms with E-state index in [9.17, 15) is 4.79 Å². The topological polar surface area (TPSA) is 72.3 Å². The molecule has 1 aliphatic heterocycles. The summed E-state index contributed by atoms with van der Waals surface area (Å²) in [4.78, 5) is 22.9. The Morgan fingerprint density at radius 2 is 2.22 bits per heavy atom. The van der Waals surface area contributed by atoms with Crippen LogP contribution in [0.4, 0.5) is 0 Å². The Morgan fingerprint density at radius 1 is 1.39 bits per heavy atom. The van der Waals surface area contributed by atoms with Crippen molar-refractivity contribution in [3.8, 4) is 5.82 Å². The van der Waals surface area contributed by atoms with Gasteiger partial charge in [-0.1, -0.05) is 0 Å². The summed E-state index contributed by atoms with van der Waals surface area (Å²) in [6.07, 6.45) is 6.76. The van der Waals surface area contributed by atoms with Gasteiger partial charge >= 0.3 is 0 Å². The summed E-state index contributed by atoms with van der Waals surface area (Å²) in [7, 11) is 0. The molecular weight excluding hydrogens is 294 g/mol. The molecule has 0 saturated carbocycles. The van der Waals surface area contributed by atoms with Crippen molar-refractivity contribution in [1.82, 2.24) is 24.8 Å². The lowest BCUT2D eigenvalue weighted by Gasteiger charge is -2.29. The number of pyridine rings is 1. The zero-order valence-corrected chi connectivity index (χ0v) is 13.2. The third kappa shape index (κ3) is 4.14. The molecule has 0 aliphatic carbocycles. The first-order valence-electron chi connectivity index (χ1n) is 7.78. The van der Waals surface area contributed by atoms with Gasteiger partial charge in [-0.3, -0.25) is 14.3 Å². The van der Waals surface area contributed by atoms with Gasteiger partial charge < -0.3 is 10.1 Å². The molecule has 1 N–H and O–H groups in total. The Morgan fingerprint density at radius 3 is 2.87 bits per heavy atom. The van der Waals surface area contributed by atoms with Crippen molar-refractivity contribution in [2.75, 3.05) is 32.8 Å². The predicted octanol–water partition coefficient (Wildman–Crippen LogP) is 0.718. The van der Waals surface area contributed by atoms with Gasteiger partial charge in [0.1, 0.15) is 12.1 Å². The van der Waals surface area contributed by atoms with Crippen molar-refractivity contribution in [3.63, 3.8) is 0 Å². The molecule has 3 heterocycles.